The van der Waals surface area contributed by atoms with Crippen LogP contribution in [0.1, 0.15) is 34.5 Å². The zero-order valence-corrected chi connectivity index (χ0v) is 11.4. The molecule has 0 spiro atoms. The van der Waals surface area contributed by atoms with Crippen molar-refractivity contribution in [2.24, 2.45) is 7.05 Å². The molecule has 0 aliphatic heterocycles. The van der Waals surface area contributed by atoms with Gasteiger partial charge in [0.15, 0.2) is 0 Å². The zero-order chi connectivity index (χ0) is 13.8. The minimum Gasteiger partial charge on any atom is -0.460 e. The van der Waals surface area contributed by atoms with Gasteiger partial charge in [-0.15, -0.1) is 5.10 Å². The van der Waals surface area contributed by atoms with E-state index in [1.54, 1.807) is 18.7 Å². The summed E-state index contributed by atoms with van der Waals surface area (Å²) in [5.41, 5.74) is 2.37. The van der Waals surface area contributed by atoms with Crippen LogP contribution >= 0.6 is 0 Å². The standard InChI is InChI=1S/C14H17N3O2/c1-4-19-14(18)13-15-12(17(3)16-13)9-11-8-6-5-7-10(11)2/h5-8H,4,9H2,1-3H3. The Morgan fingerprint density at radius 2 is 2.11 bits per heavy atom. The number of aromatic nitrogens is 3. The molecule has 100 valence electrons. The minimum absolute atomic E-state index is 0.118. The Bertz CT molecular complexity index is 590. The molecule has 0 aliphatic rings. The molecule has 2 aromatic rings. The highest BCUT2D eigenvalue weighted by molar-refractivity contribution is 5.84. The van der Waals surface area contributed by atoms with Crippen molar-refractivity contribution in [3.8, 4) is 0 Å². The molecule has 19 heavy (non-hydrogen) atoms. The highest BCUT2D eigenvalue weighted by Crippen LogP contribution is 2.12. The maximum atomic E-state index is 11.6. The molecule has 0 amide bonds. The van der Waals surface area contributed by atoms with Crippen molar-refractivity contribution in [2.45, 2.75) is 20.3 Å². The summed E-state index contributed by atoms with van der Waals surface area (Å²) >= 11 is 0. The summed E-state index contributed by atoms with van der Waals surface area (Å²) < 4.78 is 6.52. The van der Waals surface area contributed by atoms with E-state index in [-0.39, 0.29) is 5.82 Å². The van der Waals surface area contributed by atoms with Crippen LogP contribution in [0, 0.1) is 6.92 Å². The molecule has 5 nitrogen and oxygen atoms in total. The van der Waals surface area contributed by atoms with Crippen LogP contribution in [0.4, 0.5) is 0 Å². The fourth-order valence-electron chi connectivity index (χ4n) is 1.83. The fraction of sp³-hybridized carbons (Fsp3) is 0.357. The third-order valence-electron chi connectivity index (χ3n) is 2.92. The first kappa shape index (κ1) is 13.3. The Kier molecular flexibility index (Phi) is 3.94. The molecule has 1 aromatic heterocycles. The number of aryl methyl sites for hydroxylation is 2. The van der Waals surface area contributed by atoms with Gasteiger partial charge in [-0.25, -0.2) is 9.78 Å². The number of ether oxygens (including phenoxy) is 1. The molecule has 0 unspecified atom stereocenters. The highest BCUT2D eigenvalue weighted by Gasteiger charge is 2.16. The Labute approximate surface area is 112 Å². The van der Waals surface area contributed by atoms with Gasteiger partial charge in [-0.05, 0) is 25.0 Å². The summed E-state index contributed by atoms with van der Waals surface area (Å²) in [5, 5.41) is 4.09. The van der Waals surface area contributed by atoms with Gasteiger partial charge in [0.1, 0.15) is 5.82 Å². The highest BCUT2D eigenvalue weighted by atomic mass is 16.5. The van der Waals surface area contributed by atoms with Gasteiger partial charge >= 0.3 is 5.97 Å². The van der Waals surface area contributed by atoms with Crippen molar-refractivity contribution < 1.29 is 9.53 Å². The second kappa shape index (κ2) is 5.65. The summed E-state index contributed by atoms with van der Waals surface area (Å²) in [4.78, 5) is 15.8. The second-order valence-corrected chi connectivity index (χ2v) is 4.30. The Balaban J connectivity index is 2.22. The molecule has 2 rings (SSSR count). The molecule has 1 aromatic carbocycles. The summed E-state index contributed by atoms with van der Waals surface area (Å²) in [7, 11) is 1.78. The first-order chi connectivity index (χ1) is 9.11. The largest absolute Gasteiger partial charge is 0.460 e. The van der Waals surface area contributed by atoms with Crippen LogP contribution in [0.25, 0.3) is 0 Å². The fourth-order valence-corrected chi connectivity index (χ4v) is 1.83. The number of hydrogen-bond donors (Lipinski definition) is 0. The molecule has 0 N–H and O–H groups in total. The number of rotatable bonds is 4. The number of carbonyl (C=O) groups is 1. The average Bonchev–Trinajstić information content (AvgIpc) is 2.74. The van der Waals surface area contributed by atoms with Crippen molar-refractivity contribution in [3.63, 3.8) is 0 Å². The molecule has 0 saturated heterocycles. The van der Waals surface area contributed by atoms with Gasteiger partial charge < -0.3 is 4.74 Å². The van der Waals surface area contributed by atoms with Crippen LogP contribution < -0.4 is 0 Å². The third-order valence-corrected chi connectivity index (χ3v) is 2.92. The van der Waals surface area contributed by atoms with Crippen LogP contribution in [0.15, 0.2) is 24.3 Å². The molecule has 0 fully saturated rings. The van der Waals surface area contributed by atoms with Gasteiger partial charge in [0.05, 0.1) is 6.61 Å². The maximum absolute atomic E-state index is 11.6. The van der Waals surface area contributed by atoms with Crippen molar-refractivity contribution in [3.05, 3.63) is 47.0 Å². The smallest absolute Gasteiger partial charge is 0.378 e. The van der Waals surface area contributed by atoms with Gasteiger partial charge in [0.2, 0.25) is 0 Å². The molecule has 0 aliphatic carbocycles. The number of benzene rings is 1. The lowest BCUT2D eigenvalue weighted by Gasteiger charge is -2.03. The lowest BCUT2D eigenvalue weighted by atomic mass is 10.1. The van der Waals surface area contributed by atoms with E-state index >= 15 is 0 Å². The first-order valence-electron chi connectivity index (χ1n) is 6.23. The number of nitrogens with zero attached hydrogens (tertiary/aromatic N) is 3. The molecule has 0 atom stereocenters. The second-order valence-electron chi connectivity index (χ2n) is 4.30. The van der Waals surface area contributed by atoms with Gasteiger partial charge in [0.25, 0.3) is 5.82 Å². The molecule has 1 heterocycles. The number of hydrogen-bond acceptors (Lipinski definition) is 4. The SMILES string of the molecule is CCOC(=O)c1nc(Cc2ccccc2C)n(C)n1. The first-order valence-corrected chi connectivity index (χ1v) is 6.23. The van der Waals surface area contributed by atoms with Gasteiger partial charge in [0, 0.05) is 13.5 Å². The minimum atomic E-state index is -0.478. The van der Waals surface area contributed by atoms with E-state index < -0.39 is 5.97 Å². The van der Waals surface area contributed by atoms with Crippen LogP contribution in [0.2, 0.25) is 0 Å². The van der Waals surface area contributed by atoms with Gasteiger partial charge in [-0.2, -0.15) is 0 Å². The topological polar surface area (TPSA) is 57.0 Å². The van der Waals surface area contributed by atoms with Crippen molar-refractivity contribution in [1.82, 2.24) is 14.8 Å². The molecule has 0 radical (unpaired) electrons. The lowest BCUT2D eigenvalue weighted by molar-refractivity contribution is 0.0512. The third kappa shape index (κ3) is 2.99. The summed E-state index contributed by atoms with van der Waals surface area (Å²) in [6.07, 6.45) is 0.648. The van der Waals surface area contributed by atoms with Gasteiger partial charge in [-0.1, -0.05) is 24.3 Å². The molecular formula is C14H17N3O2. The van der Waals surface area contributed by atoms with E-state index in [2.05, 4.69) is 23.1 Å². The van der Waals surface area contributed by atoms with E-state index in [0.29, 0.717) is 13.0 Å². The summed E-state index contributed by atoms with van der Waals surface area (Å²) in [6, 6.07) is 8.09. The summed E-state index contributed by atoms with van der Waals surface area (Å²) in [5.74, 6) is 0.388. The van der Waals surface area contributed by atoms with E-state index in [4.69, 9.17) is 4.74 Å². The summed E-state index contributed by atoms with van der Waals surface area (Å²) in [6.45, 7) is 4.14. The van der Waals surface area contributed by atoms with Crippen molar-refractivity contribution >= 4 is 5.97 Å². The van der Waals surface area contributed by atoms with Crippen LogP contribution in [0.3, 0.4) is 0 Å². The Morgan fingerprint density at radius 1 is 1.37 bits per heavy atom. The molecular weight excluding hydrogens is 242 g/mol. The average molecular weight is 259 g/mol. The zero-order valence-electron chi connectivity index (χ0n) is 11.4. The number of esters is 1. The normalized spacial score (nSPS) is 10.5. The lowest BCUT2D eigenvalue weighted by Crippen LogP contribution is -2.07. The molecule has 0 saturated carbocycles. The predicted molar refractivity (Wildman–Crippen MR) is 70.9 cm³/mol. The predicted octanol–water partition coefficient (Wildman–Crippen LogP) is 1.89. The molecule has 0 bridgehead atoms. The molecule has 5 heteroatoms. The monoisotopic (exact) mass is 259 g/mol. The van der Waals surface area contributed by atoms with E-state index in [9.17, 15) is 4.79 Å². The van der Waals surface area contributed by atoms with E-state index in [0.717, 1.165) is 5.82 Å². The quantitative estimate of drug-likeness (QED) is 0.787. The van der Waals surface area contributed by atoms with E-state index in [1.165, 1.54) is 11.1 Å². The van der Waals surface area contributed by atoms with Crippen LogP contribution in [-0.4, -0.2) is 27.3 Å². The maximum Gasteiger partial charge on any atom is 0.378 e. The van der Waals surface area contributed by atoms with Crippen molar-refractivity contribution in [2.75, 3.05) is 6.61 Å². The Morgan fingerprint density at radius 3 is 2.79 bits per heavy atom. The van der Waals surface area contributed by atoms with Crippen molar-refractivity contribution in [1.29, 1.82) is 0 Å². The number of carbonyl (C=O) groups excluding carboxylic acids is 1. The Hall–Kier alpha value is -2.17. The van der Waals surface area contributed by atoms with Gasteiger partial charge in [-0.3, -0.25) is 4.68 Å². The van der Waals surface area contributed by atoms with Crippen LogP contribution in [0.5, 0.6) is 0 Å². The van der Waals surface area contributed by atoms with E-state index in [1.807, 2.05) is 18.2 Å². The van der Waals surface area contributed by atoms with Crippen LogP contribution in [-0.2, 0) is 18.2 Å².